The first-order valence-electron chi connectivity index (χ1n) is 10.9. The van der Waals surface area contributed by atoms with Crippen LogP contribution in [0.2, 0.25) is 0 Å². The molecular weight excluding hydrogens is 483 g/mol. The number of nitrogens with zero attached hydrogens (tertiary/aromatic N) is 3. The summed E-state index contributed by atoms with van der Waals surface area (Å²) in [7, 11) is -4.88. The fourth-order valence-electron chi connectivity index (χ4n) is 3.57. The number of amides is 1. The monoisotopic (exact) mass is 514 g/mol. The van der Waals surface area contributed by atoms with E-state index in [1.807, 2.05) is 13.8 Å². The van der Waals surface area contributed by atoms with Gasteiger partial charge in [0.05, 0.1) is 4.90 Å². The van der Waals surface area contributed by atoms with Gasteiger partial charge in [-0.15, -0.1) is 0 Å². The average Bonchev–Trinajstić information content (AvgIpc) is 2.72. The molecule has 0 saturated heterocycles. The predicted molar refractivity (Wildman–Crippen MR) is 127 cm³/mol. The van der Waals surface area contributed by atoms with Gasteiger partial charge < -0.3 is 9.87 Å². The van der Waals surface area contributed by atoms with Gasteiger partial charge >= 0.3 is 29.6 Å². The molecule has 2 unspecified atom stereocenters. The van der Waals surface area contributed by atoms with Gasteiger partial charge in [-0.3, -0.25) is 14.4 Å². The molecular formula is C23H31N4NaO6S. The minimum atomic E-state index is -4.88. The Hall–Kier alpha value is -2.01. The second kappa shape index (κ2) is 14.5. The van der Waals surface area contributed by atoms with Crippen LogP contribution < -0.4 is 34.9 Å². The molecule has 2 atom stereocenters. The van der Waals surface area contributed by atoms with Crippen LogP contribution in [0.15, 0.2) is 34.3 Å². The first-order valence-corrected chi connectivity index (χ1v) is 12.3. The van der Waals surface area contributed by atoms with Crippen LogP contribution in [0.25, 0.3) is 16.5 Å². The van der Waals surface area contributed by atoms with E-state index in [1.54, 1.807) is 13.8 Å². The Morgan fingerprint density at radius 2 is 1.80 bits per heavy atom. The third-order valence-corrected chi connectivity index (χ3v) is 6.35. The second-order valence-corrected chi connectivity index (χ2v) is 10.1. The van der Waals surface area contributed by atoms with Gasteiger partial charge in [0.1, 0.15) is 15.9 Å². The van der Waals surface area contributed by atoms with Crippen molar-refractivity contribution in [1.82, 2.24) is 5.32 Å². The number of hydrogen-bond donors (Lipinski definition) is 1. The van der Waals surface area contributed by atoms with Crippen molar-refractivity contribution in [2.75, 3.05) is 0 Å². The molecule has 12 heteroatoms. The van der Waals surface area contributed by atoms with Crippen molar-refractivity contribution in [3.63, 3.8) is 0 Å². The molecule has 186 valence electrons. The number of ketones is 2. The van der Waals surface area contributed by atoms with E-state index in [0.717, 1.165) is 12.1 Å². The van der Waals surface area contributed by atoms with Crippen LogP contribution in [0.5, 0.6) is 0 Å². The van der Waals surface area contributed by atoms with Crippen molar-refractivity contribution in [2.24, 2.45) is 17.0 Å². The van der Waals surface area contributed by atoms with E-state index >= 15 is 0 Å². The molecule has 0 aliphatic rings. The number of benzene rings is 1. The summed E-state index contributed by atoms with van der Waals surface area (Å²) in [4.78, 5) is 39.0. The number of nitrogens with one attached hydrogen (secondary N) is 1. The number of rotatable bonds is 13. The number of hydrogen-bond acceptors (Lipinski definition) is 7. The molecule has 1 rings (SSSR count). The summed E-state index contributed by atoms with van der Waals surface area (Å²) < 4.78 is 34.7. The number of carbonyl (C=O) groups is 3. The van der Waals surface area contributed by atoms with E-state index in [1.165, 1.54) is 25.1 Å². The molecule has 0 aliphatic carbocycles. The second-order valence-electron chi connectivity index (χ2n) is 8.77. The summed E-state index contributed by atoms with van der Waals surface area (Å²) in [5.41, 5.74) is 7.51. The van der Waals surface area contributed by atoms with Crippen molar-refractivity contribution < 1.29 is 56.9 Å². The molecule has 1 aromatic carbocycles. The Morgan fingerprint density at radius 1 is 1.20 bits per heavy atom. The maximum Gasteiger partial charge on any atom is 1.00 e. The molecule has 0 bridgehead atoms. The molecule has 0 heterocycles. The van der Waals surface area contributed by atoms with Crippen molar-refractivity contribution in [3.8, 4) is 0 Å². The quantitative estimate of drug-likeness (QED) is 0.104. The largest absolute Gasteiger partial charge is 1.00 e. The number of azide groups is 1. The Kier molecular flexibility index (Phi) is 13.7. The topological polar surface area (TPSA) is 169 Å². The molecule has 10 nitrogen and oxygen atoms in total. The Labute approximate surface area is 228 Å². The van der Waals surface area contributed by atoms with Crippen LogP contribution >= 0.6 is 0 Å². The third kappa shape index (κ3) is 11.1. The maximum atomic E-state index is 12.8. The first-order chi connectivity index (χ1) is 15.7. The Morgan fingerprint density at radius 3 is 2.29 bits per heavy atom. The zero-order valence-electron chi connectivity index (χ0n) is 21.1. The molecule has 0 radical (unpaired) electrons. The van der Waals surface area contributed by atoms with E-state index in [9.17, 15) is 27.4 Å². The van der Waals surface area contributed by atoms with Gasteiger partial charge in [-0.1, -0.05) is 37.2 Å². The summed E-state index contributed by atoms with van der Waals surface area (Å²) >= 11 is 0. The van der Waals surface area contributed by atoms with Gasteiger partial charge in [0.2, 0.25) is 5.91 Å². The predicted octanol–water partition coefficient (Wildman–Crippen LogP) is 1.44. The zero-order valence-corrected chi connectivity index (χ0v) is 23.9. The third-order valence-electron chi connectivity index (χ3n) is 5.45. The van der Waals surface area contributed by atoms with Crippen LogP contribution in [0.4, 0.5) is 5.69 Å². The van der Waals surface area contributed by atoms with E-state index in [0.29, 0.717) is 19.3 Å². The molecule has 0 aromatic heterocycles. The Balaban J connectivity index is 0.0000116. The summed E-state index contributed by atoms with van der Waals surface area (Å²) in [6.07, 6.45) is 3.89. The fraction of sp³-hybridized carbons (Fsp3) is 0.522. The van der Waals surface area contributed by atoms with Crippen LogP contribution in [0.1, 0.15) is 65.9 Å². The van der Waals surface area contributed by atoms with Gasteiger partial charge in [-0.2, -0.15) is 0 Å². The average molecular weight is 515 g/mol. The molecule has 0 aliphatic heterocycles. The summed E-state index contributed by atoms with van der Waals surface area (Å²) in [6.45, 7) is 8.66. The molecule has 0 spiro atoms. The summed E-state index contributed by atoms with van der Waals surface area (Å²) in [5, 5.41) is 6.14. The Bertz CT molecular complexity index is 1110. The summed E-state index contributed by atoms with van der Waals surface area (Å²) in [5.74, 6) is -1.15. The van der Waals surface area contributed by atoms with Crippen molar-refractivity contribution >= 4 is 39.4 Å². The van der Waals surface area contributed by atoms with Gasteiger partial charge in [-0.05, 0) is 63.3 Å². The number of allylic oxidation sites excluding steroid dienone is 1. The summed E-state index contributed by atoms with van der Waals surface area (Å²) in [6, 6.07) is 3.51. The van der Waals surface area contributed by atoms with Crippen molar-refractivity contribution in [3.05, 3.63) is 40.3 Å². The number of Topliss-reactive ketones (excluding diaryl/α,β-unsaturated/α-hetero) is 1. The molecule has 0 saturated carbocycles. The van der Waals surface area contributed by atoms with E-state index in [-0.39, 0.29) is 70.8 Å². The minimum absolute atomic E-state index is 0. The molecule has 1 N–H and O–H groups in total. The zero-order chi connectivity index (χ0) is 26.1. The molecule has 35 heavy (non-hydrogen) atoms. The molecule has 1 amide bonds. The molecule has 0 fully saturated rings. The maximum absolute atomic E-state index is 12.8. The first kappa shape index (κ1) is 33.0. The molecule has 1 aromatic rings. The van der Waals surface area contributed by atoms with Gasteiger partial charge in [-0.25, -0.2) is 8.42 Å². The van der Waals surface area contributed by atoms with Crippen LogP contribution in [0, 0.1) is 11.8 Å². The smallest absolute Gasteiger partial charge is 0.744 e. The SMILES string of the molecule is CCC(CC(CC)C(=O)NC(C)(C)CC(=O)/C=C\c1ccc(N=[N+]=[N-])cc1S(=O)(=O)[O-])C(C)=O.[Na+]. The number of carbonyl (C=O) groups excluding carboxylic acids is 3. The van der Waals surface area contributed by atoms with Crippen molar-refractivity contribution in [2.45, 2.75) is 70.7 Å². The van der Waals surface area contributed by atoms with Crippen LogP contribution in [0.3, 0.4) is 0 Å². The normalized spacial score (nSPS) is 13.3. The minimum Gasteiger partial charge on any atom is -0.744 e. The van der Waals surface area contributed by atoms with E-state index in [4.69, 9.17) is 5.53 Å². The van der Waals surface area contributed by atoms with E-state index in [2.05, 4.69) is 15.3 Å². The van der Waals surface area contributed by atoms with Gasteiger partial charge in [0.15, 0.2) is 5.78 Å². The van der Waals surface area contributed by atoms with E-state index < -0.39 is 26.3 Å². The van der Waals surface area contributed by atoms with Crippen LogP contribution in [-0.4, -0.2) is 36.0 Å². The van der Waals surface area contributed by atoms with Gasteiger partial charge in [0.25, 0.3) is 0 Å². The van der Waals surface area contributed by atoms with Gasteiger partial charge in [0, 0.05) is 34.4 Å². The van der Waals surface area contributed by atoms with Crippen molar-refractivity contribution in [1.29, 1.82) is 0 Å². The standard InChI is InChI=1S/C23H32N4O6S.Na/c1-6-16(15(3)28)12-17(7-2)22(30)25-23(4,5)14-20(29)11-9-18-8-10-19(26-27-24)13-21(18)34(31,32)33;/h8-11,13,16-17H,6-7,12,14H2,1-5H3,(H,25,30)(H,31,32,33);/q;+1/p-1/b11-9-;. The van der Waals surface area contributed by atoms with Crippen LogP contribution in [-0.2, 0) is 24.5 Å². The fourth-order valence-corrected chi connectivity index (χ4v) is 4.26.